The zero-order valence-corrected chi connectivity index (χ0v) is 10.8. The van der Waals surface area contributed by atoms with Crippen LogP contribution in [-0.2, 0) is 11.2 Å². The molecule has 1 saturated heterocycles. The molecule has 1 unspecified atom stereocenters. The summed E-state index contributed by atoms with van der Waals surface area (Å²) in [5.41, 5.74) is 1.01. The number of pyridine rings is 1. The van der Waals surface area contributed by atoms with Crippen LogP contribution in [0.1, 0.15) is 29.0 Å². The molecule has 3 heterocycles. The van der Waals surface area contributed by atoms with Crippen LogP contribution in [0.3, 0.4) is 0 Å². The Kier molecular flexibility index (Phi) is 3.16. The van der Waals surface area contributed by atoms with Gasteiger partial charge in [-0.25, -0.2) is 14.3 Å². The van der Waals surface area contributed by atoms with Crippen molar-refractivity contribution < 1.29 is 9.53 Å². The number of methoxy groups -OCH3 is 1. The Morgan fingerprint density at radius 2 is 2.53 bits per heavy atom. The molecule has 1 atom stereocenters. The van der Waals surface area contributed by atoms with Crippen molar-refractivity contribution in [1.82, 2.24) is 19.9 Å². The Hall–Kier alpha value is -1.95. The number of rotatable bonds is 3. The molecule has 100 valence electrons. The molecule has 0 spiro atoms. The third kappa shape index (κ3) is 2.31. The predicted octanol–water partition coefficient (Wildman–Crippen LogP) is 0.810. The Morgan fingerprint density at radius 3 is 3.26 bits per heavy atom. The van der Waals surface area contributed by atoms with Gasteiger partial charge in [-0.05, 0) is 31.5 Å². The first-order valence-electron chi connectivity index (χ1n) is 6.44. The van der Waals surface area contributed by atoms with Crippen molar-refractivity contribution in [1.29, 1.82) is 0 Å². The first-order chi connectivity index (χ1) is 9.28. The minimum atomic E-state index is -0.386. The van der Waals surface area contributed by atoms with E-state index in [4.69, 9.17) is 4.74 Å². The van der Waals surface area contributed by atoms with Crippen LogP contribution in [0, 0.1) is 0 Å². The molecule has 0 aliphatic carbocycles. The molecule has 0 radical (unpaired) electrons. The summed E-state index contributed by atoms with van der Waals surface area (Å²) in [4.78, 5) is 16.1. The van der Waals surface area contributed by atoms with E-state index < -0.39 is 0 Å². The SMILES string of the molecule is COC(=O)c1cccn2nc(CC3CCCN3)nc12. The second kappa shape index (κ2) is 4.97. The number of ether oxygens (including phenoxy) is 1. The van der Waals surface area contributed by atoms with Gasteiger partial charge in [0.1, 0.15) is 5.56 Å². The van der Waals surface area contributed by atoms with E-state index in [1.54, 1.807) is 22.8 Å². The fourth-order valence-corrected chi connectivity index (χ4v) is 2.46. The Bertz CT molecular complexity index is 602. The molecule has 0 amide bonds. The largest absolute Gasteiger partial charge is 0.465 e. The maximum absolute atomic E-state index is 11.7. The van der Waals surface area contributed by atoms with Gasteiger partial charge >= 0.3 is 5.97 Å². The van der Waals surface area contributed by atoms with E-state index in [0.29, 0.717) is 17.3 Å². The van der Waals surface area contributed by atoms with Crippen molar-refractivity contribution in [2.75, 3.05) is 13.7 Å². The standard InChI is InChI=1S/C13H16N4O2/c1-19-13(18)10-5-3-7-17-12(10)15-11(16-17)8-9-4-2-6-14-9/h3,5,7,9,14H,2,4,6,8H2,1H3. The van der Waals surface area contributed by atoms with Gasteiger partial charge in [-0.1, -0.05) is 0 Å². The topological polar surface area (TPSA) is 68.5 Å². The highest BCUT2D eigenvalue weighted by molar-refractivity contribution is 5.95. The lowest BCUT2D eigenvalue weighted by Gasteiger charge is -2.05. The number of nitrogens with zero attached hydrogens (tertiary/aromatic N) is 3. The van der Waals surface area contributed by atoms with Crippen molar-refractivity contribution in [2.45, 2.75) is 25.3 Å². The molecule has 0 bridgehead atoms. The van der Waals surface area contributed by atoms with Gasteiger partial charge in [-0.2, -0.15) is 5.10 Å². The second-order valence-corrected chi connectivity index (χ2v) is 4.71. The predicted molar refractivity (Wildman–Crippen MR) is 69.1 cm³/mol. The van der Waals surface area contributed by atoms with Crippen LogP contribution in [0.2, 0.25) is 0 Å². The van der Waals surface area contributed by atoms with Gasteiger partial charge in [0, 0.05) is 18.7 Å². The van der Waals surface area contributed by atoms with Crippen LogP contribution in [0.4, 0.5) is 0 Å². The van der Waals surface area contributed by atoms with E-state index in [1.165, 1.54) is 13.5 Å². The van der Waals surface area contributed by atoms with Gasteiger partial charge in [0.25, 0.3) is 0 Å². The highest BCUT2D eigenvalue weighted by Crippen LogP contribution is 2.13. The van der Waals surface area contributed by atoms with E-state index >= 15 is 0 Å². The monoisotopic (exact) mass is 260 g/mol. The lowest BCUT2D eigenvalue weighted by atomic mass is 10.1. The van der Waals surface area contributed by atoms with E-state index in [0.717, 1.165) is 25.2 Å². The first-order valence-corrected chi connectivity index (χ1v) is 6.44. The summed E-state index contributed by atoms with van der Waals surface area (Å²) in [6, 6.07) is 3.91. The van der Waals surface area contributed by atoms with Gasteiger partial charge in [-0.3, -0.25) is 0 Å². The maximum atomic E-state index is 11.7. The van der Waals surface area contributed by atoms with Crippen LogP contribution < -0.4 is 5.32 Å². The molecule has 0 aromatic carbocycles. The number of hydrogen-bond acceptors (Lipinski definition) is 5. The van der Waals surface area contributed by atoms with E-state index in [-0.39, 0.29) is 5.97 Å². The van der Waals surface area contributed by atoms with E-state index in [1.807, 2.05) is 0 Å². The highest BCUT2D eigenvalue weighted by Gasteiger charge is 2.19. The normalized spacial score (nSPS) is 18.9. The fourth-order valence-electron chi connectivity index (χ4n) is 2.46. The molecule has 1 aliphatic rings. The summed E-state index contributed by atoms with van der Waals surface area (Å²) < 4.78 is 6.39. The summed E-state index contributed by atoms with van der Waals surface area (Å²) >= 11 is 0. The minimum absolute atomic E-state index is 0.386. The summed E-state index contributed by atoms with van der Waals surface area (Å²) in [5.74, 6) is 0.374. The van der Waals surface area contributed by atoms with Crippen molar-refractivity contribution in [3.8, 4) is 0 Å². The van der Waals surface area contributed by atoms with Crippen molar-refractivity contribution in [2.24, 2.45) is 0 Å². The third-order valence-corrected chi connectivity index (χ3v) is 3.40. The molecule has 1 N–H and O–H groups in total. The lowest BCUT2D eigenvalue weighted by Crippen LogP contribution is -2.24. The Balaban J connectivity index is 1.93. The summed E-state index contributed by atoms with van der Waals surface area (Å²) in [6.45, 7) is 1.06. The van der Waals surface area contributed by atoms with Crippen LogP contribution in [0.25, 0.3) is 5.65 Å². The van der Waals surface area contributed by atoms with Crippen LogP contribution in [0.5, 0.6) is 0 Å². The number of carbonyl (C=O) groups is 1. The summed E-state index contributed by atoms with van der Waals surface area (Å²) in [6.07, 6.45) is 4.94. The second-order valence-electron chi connectivity index (χ2n) is 4.71. The van der Waals surface area contributed by atoms with Crippen molar-refractivity contribution >= 4 is 11.6 Å². The zero-order valence-electron chi connectivity index (χ0n) is 10.8. The van der Waals surface area contributed by atoms with Crippen molar-refractivity contribution in [3.63, 3.8) is 0 Å². The van der Waals surface area contributed by atoms with E-state index in [2.05, 4.69) is 15.4 Å². The average Bonchev–Trinajstić information content (AvgIpc) is 3.06. The lowest BCUT2D eigenvalue weighted by molar-refractivity contribution is 0.0602. The van der Waals surface area contributed by atoms with Crippen LogP contribution in [-0.4, -0.2) is 40.3 Å². The van der Waals surface area contributed by atoms with E-state index in [9.17, 15) is 4.79 Å². The highest BCUT2D eigenvalue weighted by atomic mass is 16.5. The first kappa shape index (κ1) is 12.1. The maximum Gasteiger partial charge on any atom is 0.341 e. The molecule has 6 heteroatoms. The smallest absolute Gasteiger partial charge is 0.341 e. The number of esters is 1. The molecule has 2 aromatic rings. The summed E-state index contributed by atoms with van der Waals surface area (Å²) in [7, 11) is 1.37. The molecule has 6 nitrogen and oxygen atoms in total. The Labute approximate surface area is 110 Å². The van der Waals surface area contributed by atoms with Gasteiger partial charge in [-0.15, -0.1) is 0 Å². The average molecular weight is 260 g/mol. The number of carbonyl (C=O) groups excluding carboxylic acids is 1. The fraction of sp³-hybridized carbons (Fsp3) is 0.462. The molecular weight excluding hydrogens is 244 g/mol. The van der Waals surface area contributed by atoms with Crippen LogP contribution >= 0.6 is 0 Å². The number of hydrogen-bond donors (Lipinski definition) is 1. The molecule has 2 aromatic heterocycles. The van der Waals surface area contributed by atoms with Gasteiger partial charge in [0.2, 0.25) is 0 Å². The minimum Gasteiger partial charge on any atom is -0.465 e. The zero-order chi connectivity index (χ0) is 13.2. The molecular formula is C13H16N4O2. The molecule has 0 saturated carbocycles. The molecule has 19 heavy (non-hydrogen) atoms. The van der Waals surface area contributed by atoms with Gasteiger partial charge in [0.05, 0.1) is 7.11 Å². The third-order valence-electron chi connectivity index (χ3n) is 3.40. The number of fused-ring (bicyclic) bond motifs is 1. The number of nitrogens with one attached hydrogen (secondary N) is 1. The quantitative estimate of drug-likeness (QED) is 0.827. The molecule has 3 rings (SSSR count). The Morgan fingerprint density at radius 1 is 1.63 bits per heavy atom. The summed E-state index contributed by atoms with van der Waals surface area (Å²) in [5, 5.41) is 7.83. The van der Waals surface area contributed by atoms with Crippen LogP contribution in [0.15, 0.2) is 18.3 Å². The molecule has 1 aliphatic heterocycles. The van der Waals surface area contributed by atoms with Gasteiger partial charge < -0.3 is 10.1 Å². The van der Waals surface area contributed by atoms with Crippen molar-refractivity contribution in [3.05, 3.63) is 29.7 Å². The van der Waals surface area contributed by atoms with Gasteiger partial charge in [0.15, 0.2) is 11.5 Å². The molecule has 1 fully saturated rings. The number of aromatic nitrogens is 3.